The molecule has 0 amide bonds. The third kappa shape index (κ3) is 2.48. The van der Waals surface area contributed by atoms with Crippen molar-refractivity contribution in [2.24, 2.45) is 11.1 Å². The van der Waals surface area contributed by atoms with Crippen molar-refractivity contribution in [2.75, 3.05) is 6.61 Å². The van der Waals surface area contributed by atoms with E-state index in [-0.39, 0.29) is 0 Å². The van der Waals surface area contributed by atoms with Crippen molar-refractivity contribution in [3.05, 3.63) is 29.6 Å². The summed E-state index contributed by atoms with van der Waals surface area (Å²) in [4.78, 5) is 9.75. The van der Waals surface area contributed by atoms with Gasteiger partial charge in [-0.2, -0.15) is 0 Å². The van der Waals surface area contributed by atoms with Crippen LogP contribution < -0.4 is 0 Å². The van der Waals surface area contributed by atoms with Gasteiger partial charge in [0.05, 0.1) is 5.71 Å². The Bertz CT molecular complexity index is 416. The molecule has 0 aromatic carbocycles. The number of aromatic nitrogens is 1. The average molecular weight is 230 g/mol. The fourth-order valence-electron chi connectivity index (χ4n) is 2.03. The minimum Gasteiger partial charge on any atom is -0.396 e. The second-order valence-electron chi connectivity index (χ2n) is 4.91. The number of hydrogen-bond donors (Lipinski definition) is 0. The van der Waals surface area contributed by atoms with Crippen molar-refractivity contribution in [1.29, 1.82) is 0 Å². The van der Waals surface area contributed by atoms with Crippen molar-refractivity contribution in [1.82, 2.24) is 4.98 Å². The van der Waals surface area contributed by atoms with Crippen LogP contribution >= 0.6 is 0 Å². The molecule has 0 unspecified atom stereocenters. The molecule has 2 fully saturated rings. The highest BCUT2D eigenvalue weighted by molar-refractivity contribution is 6.03. The molecular weight excluding hydrogens is 212 g/mol. The Balaban J connectivity index is 1.79. The predicted octanol–water partition coefficient (Wildman–Crippen LogP) is 3.11. The van der Waals surface area contributed by atoms with E-state index < -0.39 is 0 Å². The first-order valence-corrected chi connectivity index (χ1v) is 6.54. The van der Waals surface area contributed by atoms with Crippen LogP contribution in [0.4, 0.5) is 0 Å². The average Bonchev–Trinajstić information content (AvgIpc) is 3.22. The highest BCUT2D eigenvalue weighted by Gasteiger charge is 2.30. The Morgan fingerprint density at radius 1 is 1.35 bits per heavy atom. The second kappa shape index (κ2) is 4.47. The molecule has 3 heteroatoms. The number of oxime groups is 1. The van der Waals surface area contributed by atoms with Crippen LogP contribution in [0.15, 0.2) is 23.5 Å². The molecule has 0 aliphatic heterocycles. The van der Waals surface area contributed by atoms with E-state index in [0.29, 0.717) is 12.5 Å². The van der Waals surface area contributed by atoms with E-state index in [4.69, 9.17) is 4.84 Å². The van der Waals surface area contributed by atoms with E-state index in [1.165, 1.54) is 31.4 Å². The minimum atomic E-state index is 0.593. The third-order valence-electron chi connectivity index (χ3n) is 3.33. The molecule has 0 atom stereocenters. The monoisotopic (exact) mass is 230 g/mol. The molecule has 1 aromatic heterocycles. The first kappa shape index (κ1) is 10.8. The van der Waals surface area contributed by atoms with Gasteiger partial charge in [0, 0.05) is 29.3 Å². The van der Waals surface area contributed by atoms with Crippen LogP contribution in [0.5, 0.6) is 0 Å². The standard InChI is InChI=1S/C14H18N2O/c1-2-17-16-14(11-5-6-11)12-7-8-13(15-9-12)10-3-4-10/h7-11H,2-6H2,1H3/b16-14-. The smallest absolute Gasteiger partial charge is 0.114 e. The van der Waals surface area contributed by atoms with E-state index in [9.17, 15) is 0 Å². The van der Waals surface area contributed by atoms with Gasteiger partial charge in [-0.3, -0.25) is 4.98 Å². The summed E-state index contributed by atoms with van der Waals surface area (Å²) in [5.74, 6) is 1.31. The summed E-state index contributed by atoms with van der Waals surface area (Å²) >= 11 is 0. The Kier molecular flexibility index (Phi) is 2.83. The summed E-state index contributed by atoms with van der Waals surface area (Å²) in [6.07, 6.45) is 7.03. The lowest BCUT2D eigenvalue weighted by Crippen LogP contribution is -2.06. The molecule has 0 N–H and O–H groups in total. The van der Waals surface area contributed by atoms with E-state index in [1.807, 2.05) is 13.1 Å². The van der Waals surface area contributed by atoms with Gasteiger partial charge in [-0.25, -0.2) is 0 Å². The molecule has 1 heterocycles. The molecule has 2 aliphatic rings. The summed E-state index contributed by atoms with van der Waals surface area (Å²) in [5, 5.41) is 4.24. The van der Waals surface area contributed by atoms with Crippen LogP contribution in [-0.4, -0.2) is 17.3 Å². The van der Waals surface area contributed by atoms with Crippen molar-refractivity contribution in [2.45, 2.75) is 38.5 Å². The minimum absolute atomic E-state index is 0.593. The molecule has 2 saturated carbocycles. The molecule has 0 radical (unpaired) electrons. The first-order chi connectivity index (χ1) is 8.38. The SMILES string of the molecule is CCO/N=C(\c1ccc(C2CC2)nc1)C1CC1. The summed E-state index contributed by atoms with van der Waals surface area (Å²) in [6.45, 7) is 2.59. The zero-order valence-corrected chi connectivity index (χ0v) is 10.2. The molecule has 3 rings (SSSR count). The van der Waals surface area contributed by atoms with Gasteiger partial charge >= 0.3 is 0 Å². The number of rotatable bonds is 5. The second-order valence-corrected chi connectivity index (χ2v) is 4.91. The molecule has 1 aromatic rings. The molecule has 3 nitrogen and oxygen atoms in total. The Labute approximate surface area is 102 Å². The largest absolute Gasteiger partial charge is 0.396 e. The highest BCUT2D eigenvalue weighted by atomic mass is 16.6. The number of hydrogen-bond acceptors (Lipinski definition) is 3. The molecule has 2 aliphatic carbocycles. The first-order valence-electron chi connectivity index (χ1n) is 6.54. The number of nitrogens with zero attached hydrogens (tertiary/aromatic N) is 2. The van der Waals surface area contributed by atoms with Crippen LogP contribution in [0, 0.1) is 5.92 Å². The van der Waals surface area contributed by atoms with Crippen LogP contribution in [0.2, 0.25) is 0 Å². The maximum absolute atomic E-state index is 5.20. The van der Waals surface area contributed by atoms with Crippen LogP contribution in [0.3, 0.4) is 0 Å². The normalized spacial score (nSPS) is 20.4. The molecule has 0 saturated heterocycles. The van der Waals surface area contributed by atoms with Crippen molar-refractivity contribution in [3.63, 3.8) is 0 Å². The quantitative estimate of drug-likeness (QED) is 0.575. The van der Waals surface area contributed by atoms with Crippen molar-refractivity contribution >= 4 is 5.71 Å². The molecule has 0 bridgehead atoms. The van der Waals surface area contributed by atoms with Gasteiger partial charge in [0.25, 0.3) is 0 Å². The zero-order valence-electron chi connectivity index (χ0n) is 10.2. The van der Waals surface area contributed by atoms with Gasteiger partial charge in [-0.1, -0.05) is 5.16 Å². The lowest BCUT2D eigenvalue weighted by molar-refractivity contribution is 0.158. The van der Waals surface area contributed by atoms with E-state index in [0.717, 1.165) is 17.2 Å². The van der Waals surface area contributed by atoms with Gasteiger partial charge in [0.2, 0.25) is 0 Å². The van der Waals surface area contributed by atoms with Gasteiger partial charge in [0.15, 0.2) is 0 Å². The van der Waals surface area contributed by atoms with Crippen LogP contribution in [-0.2, 0) is 4.84 Å². The molecule has 17 heavy (non-hydrogen) atoms. The van der Waals surface area contributed by atoms with E-state index in [1.54, 1.807) is 0 Å². The maximum Gasteiger partial charge on any atom is 0.114 e. The van der Waals surface area contributed by atoms with Crippen molar-refractivity contribution in [3.8, 4) is 0 Å². The zero-order chi connectivity index (χ0) is 11.7. The summed E-state index contributed by atoms with van der Waals surface area (Å²) in [5.41, 5.74) is 3.45. The van der Waals surface area contributed by atoms with E-state index in [2.05, 4.69) is 22.3 Å². The summed E-state index contributed by atoms with van der Waals surface area (Å²) in [7, 11) is 0. The maximum atomic E-state index is 5.20. The predicted molar refractivity (Wildman–Crippen MR) is 67.1 cm³/mol. The topological polar surface area (TPSA) is 34.5 Å². The molecule has 90 valence electrons. The van der Waals surface area contributed by atoms with Gasteiger partial charge in [-0.05, 0) is 44.7 Å². The Morgan fingerprint density at radius 3 is 2.71 bits per heavy atom. The van der Waals surface area contributed by atoms with Gasteiger partial charge in [-0.15, -0.1) is 0 Å². The Hall–Kier alpha value is -1.38. The fraction of sp³-hybridized carbons (Fsp3) is 0.571. The van der Waals surface area contributed by atoms with E-state index >= 15 is 0 Å². The molecule has 0 spiro atoms. The van der Waals surface area contributed by atoms with Gasteiger partial charge < -0.3 is 4.84 Å². The Morgan fingerprint density at radius 2 is 2.18 bits per heavy atom. The van der Waals surface area contributed by atoms with Crippen LogP contribution in [0.1, 0.15) is 49.8 Å². The highest BCUT2D eigenvalue weighted by Crippen LogP contribution is 2.39. The number of pyridine rings is 1. The fourth-order valence-corrected chi connectivity index (χ4v) is 2.03. The lowest BCUT2D eigenvalue weighted by Gasteiger charge is -2.05. The van der Waals surface area contributed by atoms with Crippen LogP contribution in [0.25, 0.3) is 0 Å². The summed E-state index contributed by atoms with van der Waals surface area (Å²) in [6, 6.07) is 4.30. The molecular formula is C14H18N2O. The lowest BCUT2D eigenvalue weighted by atomic mass is 10.1. The van der Waals surface area contributed by atoms with Gasteiger partial charge in [0.1, 0.15) is 6.61 Å². The summed E-state index contributed by atoms with van der Waals surface area (Å²) < 4.78 is 0. The van der Waals surface area contributed by atoms with Crippen molar-refractivity contribution < 1.29 is 4.84 Å². The third-order valence-corrected chi connectivity index (χ3v) is 3.33.